The number of oxime groups is 1. The van der Waals surface area contributed by atoms with Gasteiger partial charge in [0.05, 0.1) is 6.04 Å². The summed E-state index contributed by atoms with van der Waals surface area (Å²) in [6, 6.07) is 15.4. The van der Waals surface area contributed by atoms with Crippen LogP contribution in [0.25, 0.3) is 0 Å². The second-order valence-electron chi connectivity index (χ2n) is 7.39. The monoisotopic (exact) mass is 409 g/mol. The third-order valence-corrected chi connectivity index (χ3v) is 5.28. The van der Waals surface area contributed by atoms with Gasteiger partial charge in [-0.15, -0.1) is 0 Å². The summed E-state index contributed by atoms with van der Waals surface area (Å²) in [5.74, 6) is -0.356. The quantitative estimate of drug-likeness (QED) is 0.234. The third-order valence-electron chi connectivity index (χ3n) is 5.28. The van der Waals surface area contributed by atoms with E-state index in [1.165, 1.54) is 0 Å². The maximum atomic E-state index is 12.8. The van der Waals surface area contributed by atoms with Gasteiger partial charge in [-0.1, -0.05) is 59.8 Å². The molecule has 1 aliphatic heterocycles. The molecule has 2 amide bonds. The molecule has 0 saturated carbocycles. The molecule has 8 heteroatoms. The minimum atomic E-state index is -0.674. The highest BCUT2D eigenvalue weighted by atomic mass is 16.4. The van der Waals surface area contributed by atoms with Crippen molar-refractivity contribution in [2.75, 3.05) is 6.54 Å². The summed E-state index contributed by atoms with van der Waals surface area (Å²) in [6.45, 7) is 0.859. The second-order valence-corrected chi connectivity index (χ2v) is 7.39. The summed E-state index contributed by atoms with van der Waals surface area (Å²) < 4.78 is 0. The van der Waals surface area contributed by atoms with E-state index in [1.54, 1.807) is 29.2 Å². The van der Waals surface area contributed by atoms with Crippen LogP contribution in [0, 0.1) is 0 Å². The van der Waals surface area contributed by atoms with Crippen molar-refractivity contribution in [3.8, 4) is 0 Å². The average Bonchev–Trinajstić information content (AvgIpc) is 3.27. The van der Waals surface area contributed by atoms with Crippen LogP contribution in [0.5, 0.6) is 0 Å². The SMILES string of the molecule is NC(=NO)c1ccc(CNC(=O)[C@@H]2CCCN2C(=O)[C@H](N)Cc2ccccc2)cc1. The Bertz CT molecular complexity index is 899. The van der Waals surface area contributed by atoms with Crippen molar-refractivity contribution >= 4 is 17.6 Å². The van der Waals surface area contributed by atoms with E-state index in [-0.39, 0.29) is 17.6 Å². The zero-order valence-corrected chi connectivity index (χ0v) is 16.7. The first-order valence-electron chi connectivity index (χ1n) is 9.94. The van der Waals surface area contributed by atoms with E-state index in [9.17, 15) is 9.59 Å². The molecule has 0 radical (unpaired) electrons. The van der Waals surface area contributed by atoms with Gasteiger partial charge in [-0.3, -0.25) is 9.59 Å². The predicted molar refractivity (Wildman–Crippen MR) is 114 cm³/mol. The summed E-state index contributed by atoms with van der Waals surface area (Å²) in [5.41, 5.74) is 14.1. The van der Waals surface area contributed by atoms with Crippen molar-refractivity contribution in [3.05, 3.63) is 71.3 Å². The molecule has 0 aliphatic carbocycles. The lowest BCUT2D eigenvalue weighted by Gasteiger charge is -2.26. The van der Waals surface area contributed by atoms with E-state index in [0.717, 1.165) is 17.5 Å². The van der Waals surface area contributed by atoms with Gasteiger partial charge < -0.3 is 26.9 Å². The lowest BCUT2D eigenvalue weighted by molar-refractivity contribution is -0.139. The van der Waals surface area contributed by atoms with Gasteiger partial charge in [0.15, 0.2) is 5.84 Å². The van der Waals surface area contributed by atoms with Crippen LogP contribution < -0.4 is 16.8 Å². The van der Waals surface area contributed by atoms with E-state index in [2.05, 4.69) is 10.5 Å². The average molecular weight is 409 g/mol. The fraction of sp³-hybridized carbons (Fsp3) is 0.318. The summed E-state index contributed by atoms with van der Waals surface area (Å²) in [4.78, 5) is 27.2. The number of amides is 2. The third kappa shape index (κ3) is 5.15. The molecule has 0 aromatic heterocycles. The van der Waals surface area contributed by atoms with Gasteiger partial charge in [0, 0.05) is 18.7 Å². The number of carbonyl (C=O) groups is 2. The number of likely N-dealkylation sites (tertiary alicyclic amines) is 1. The van der Waals surface area contributed by atoms with Crippen molar-refractivity contribution in [3.63, 3.8) is 0 Å². The van der Waals surface area contributed by atoms with Gasteiger partial charge in [-0.2, -0.15) is 0 Å². The molecule has 3 rings (SSSR count). The Morgan fingerprint density at radius 2 is 1.83 bits per heavy atom. The van der Waals surface area contributed by atoms with Crippen molar-refractivity contribution < 1.29 is 14.8 Å². The molecule has 6 N–H and O–H groups in total. The number of amidine groups is 1. The number of hydrogen-bond donors (Lipinski definition) is 4. The molecule has 2 atom stereocenters. The summed E-state index contributed by atoms with van der Waals surface area (Å²) in [7, 11) is 0. The van der Waals surface area contributed by atoms with Crippen LogP contribution in [0.15, 0.2) is 59.8 Å². The first-order chi connectivity index (χ1) is 14.5. The zero-order valence-electron chi connectivity index (χ0n) is 16.7. The molecule has 0 spiro atoms. The van der Waals surface area contributed by atoms with Gasteiger partial charge in [-0.25, -0.2) is 0 Å². The number of nitrogens with two attached hydrogens (primary N) is 2. The first kappa shape index (κ1) is 21.3. The highest BCUT2D eigenvalue weighted by molar-refractivity contribution is 5.97. The molecule has 8 nitrogen and oxygen atoms in total. The van der Waals surface area contributed by atoms with Crippen LogP contribution in [0.2, 0.25) is 0 Å². The molecule has 0 bridgehead atoms. The van der Waals surface area contributed by atoms with E-state index in [4.69, 9.17) is 16.7 Å². The van der Waals surface area contributed by atoms with Gasteiger partial charge in [0.25, 0.3) is 0 Å². The molecule has 30 heavy (non-hydrogen) atoms. The van der Waals surface area contributed by atoms with Crippen molar-refractivity contribution in [1.29, 1.82) is 0 Å². The molecule has 1 fully saturated rings. The second kappa shape index (κ2) is 9.89. The van der Waals surface area contributed by atoms with E-state index >= 15 is 0 Å². The highest BCUT2D eigenvalue weighted by Gasteiger charge is 2.35. The maximum absolute atomic E-state index is 12.8. The van der Waals surface area contributed by atoms with Gasteiger partial charge in [0.1, 0.15) is 6.04 Å². The fourth-order valence-electron chi connectivity index (χ4n) is 3.63. The van der Waals surface area contributed by atoms with Crippen LogP contribution in [-0.4, -0.2) is 46.4 Å². The van der Waals surface area contributed by atoms with E-state index < -0.39 is 12.1 Å². The van der Waals surface area contributed by atoms with E-state index in [1.807, 2.05) is 30.3 Å². The molecule has 1 heterocycles. The Labute approximate surface area is 175 Å². The summed E-state index contributed by atoms with van der Waals surface area (Å²) >= 11 is 0. The number of nitrogens with one attached hydrogen (secondary N) is 1. The van der Waals surface area contributed by atoms with Gasteiger partial charge in [0.2, 0.25) is 11.8 Å². The Balaban J connectivity index is 1.56. The lowest BCUT2D eigenvalue weighted by Crippen LogP contribution is -2.51. The van der Waals surface area contributed by atoms with E-state index in [0.29, 0.717) is 31.5 Å². The number of rotatable bonds is 7. The molecule has 1 aliphatic rings. The van der Waals surface area contributed by atoms with Crippen LogP contribution >= 0.6 is 0 Å². The fourth-order valence-corrected chi connectivity index (χ4v) is 3.63. The summed E-state index contributed by atoms with van der Waals surface area (Å²) in [6.07, 6.45) is 1.84. The first-order valence-corrected chi connectivity index (χ1v) is 9.94. The van der Waals surface area contributed by atoms with Gasteiger partial charge >= 0.3 is 0 Å². The van der Waals surface area contributed by atoms with Crippen LogP contribution in [0.1, 0.15) is 29.5 Å². The molecule has 2 aromatic carbocycles. The Hall–Kier alpha value is -3.39. The Morgan fingerprint density at radius 3 is 2.50 bits per heavy atom. The number of benzene rings is 2. The van der Waals surface area contributed by atoms with Crippen LogP contribution in [0.4, 0.5) is 0 Å². The zero-order chi connectivity index (χ0) is 21.5. The van der Waals surface area contributed by atoms with Gasteiger partial charge in [-0.05, 0) is 30.4 Å². The van der Waals surface area contributed by atoms with Crippen molar-refractivity contribution in [2.24, 2.45) is 16.6 Å². The van der Waals surface area contributed by atoms with Crippen LogP contribution in [-0.2, 0) is 22.6 Å². The number of carbonyl (C=O) groups excluding carboxylic acids is 2. The normalized spacial score (nSPS) is 17.6. The number of nitrogens with zero attached hydrogens (tertiary/aromatic N) is 2. The molecule has 1 saturated heterocycles. The van der Waals surface area contributed by atoms with Crippen molar-refractivity contribution in [1.82, 2.24) is 10.2 Å². The largest absolute Gasteiger partial charge is 0.409 e. The highest BCUT2D eigenvalue weighted by Crippen LogP contribution is 2.19. The Kier molecular flexibility index (Phi) is 7.03. The van der Waals surface area contributed by atoms with Crippen molar-refractivity contribution in [2.45, 2.75) is 37.9 Å². The standard InChI is InChI=1S/C22H27N5O3/c23-18(13-15-5-2-1-3-6-15)22(29)27-12-4-7-19(27)21(28)25-14-16-8-10-17(11-9-16)20(24)26-30/h1-3,5-6,8-11,18-19,30H,4,7,12-14,23H2,(H2,24,26)(H,25,28)/t18-,19+/m1/s1. The predicted octanol–water partition coefficient (Wildman–Crippen LogP) is 0.958. The molecule has 2 aromatic rings. The number of hydrogen-bond acceptors (Lipinski definition) is 5. The minimum absolute atomic E-state index is 0.0255. The molecule has 158 valence electrons. The molecular weight excluding hydrogens is 382 g/mol. The Morgan fingerprint density at radius 1 is 1.13 bits per heavy atom. The maximum Gasteiger partial charge on any atom is 0.243 e. The molecular formula is C22H27N5O3. The van der Waals surface area contributed by atoms with Crippen LogP contribution in [0.3, 0.4) is 0 Å². The minimum Gasteiger partial charge on any atom is -0.409 e. The topological polar surface area (TPSA) is 134 Å². The lowest BCUT2D eigenvalue weighted by atomic mass is 10.1. The molecule has 0 unspecified atom stereocenters. The summed E-state index contributed by atoms with van der Waals surface area (Å²) in [5, 5.41) is 14.6. The smallest absolute Gasteiger partial charge is 0.243 e.